The summed E-state index contributed by atoms with van der Waals surface area (Å²) in [4.78, 5) is 10.9. The van der Waals surface area contributed by atoms with Crippen LogP contribution in [0.25, 0.3) is 0 Å². The Morgan fingerprint density at radius 1 is 1.00 bits per heavy atom. The molecule has 0 aromatic heterocycles. The lowest BCUT2D eigenvalue weighted by Crippen LogP contribution is -2.04. The average Bonchev–Trinajstić information content (AvgIpc) is 2.35. The molecule has 0 aliphatic heterocycles. The molecule has 0 radical (unpaired) electrons. The molecule has 0 aliphatic rings. The summed E-state index contributed by atoms with van der Waals surface area (Å²) in [6, 6.07) is 5.73. The van der Waals surface area contributed by atoms with Gasteiger partial charge in [0.15, 0.2) is 0 Å². The van der Waals surface area contributed by atoms with Crippen LogP contribution < -0.4 is 4.74 Å². The number of carboxylic acids is 1. The van der Waals surface area contributed by atoms with Crippen molar-refractivity contribution in [2.75, 3.05) is 0 Å². The lowest BCUT2D eigenvalue weighted by atomic mass is 10.2. The highest BCUT2D eigenvalue weighted by atomic mass is 19.1. The zero-order valence-corrected chi connectivity index (χ0v) is 10.1. The molecule has 2 rings (SSSR count). The van der Waals surface area contributed by atoms with Crippen LogP contribution in [-0.2, 0) is 6.61 Å². The van der Waals surface area contributed by atoms with Gasteiger partial charge in [0.1, 0.15) is 35.4 Å². The minimum atomic E-state index is -1.29. The van der Waals surface area contributed by atoms with Crippen LogP contribution in [0.15, 0.2) is 36.4 Å². The van der Waals surface area contributed by atoms with Crippen molar-refractivity contribution in [2.24, 2.45) is 0 Å². The highest BCUT2D eigenvalue weighted by Gasteiger charge is 2.12. The van der Waals surface area contributed by atoms with E-state index in [1.807, 2.05) is 0 Å². The normalized spacial score (nSPS) is 10.3. The first-order valence-electron chi connectivity index (χ1n) is 5.56. The molecule has 1 N–H and O–H groups in total. The molecule has 0 unspecified atom stereocenters. The summed E-state index contributed by atoms with van der Waals surface area (Å²) < 4.78 is 44.1. The number of halogens is 3. The second-order valence-electron chi connectivity index (χ2n) is 4.01. The van der Waals surface area contributed by atoms with Crippen molar-refractivity contribution in [3.8, 4) is 5.75 Å². The fourth-order valence-corrected chi connectivity index (χ4v) is 1.65. The number of rotatable bonds is 4. The van der Waals surface area contributed by atoms with Crippen LogP contribution >= 0.6 is 0 Å². The number of hydrogen-bond donors (Lipinski definition) is 1. The topological polar surface area (TPSA) is 46.5 Å². The molecule has 2 aromatic rings. The van der Waals surface area contributed by atoms with E-state index in [1.54, 1.807) is 0 Å². The Kier molecular flexibility index (Phi) is 3.93. The maximum absolute atomic E-state index is 13.1. The molecule has 0 saturated carbocycles. The number of benzene rings is 2. The third kappa shape index (κ3) is 3.28. The molecule has 104 valence electrons. The molecule has 0 spiro atoms. The molecule has 0 atom stereocenters. The SMILES string of the molecule is O=C(O)c1ccc(F)cc1OCc1cc(F)cc(F)c1. The Morgan fingerprint density at radius 3 is 2.25 bits per heavy atom. The van der Waals surface area contributed by atoms with E-state index in [2.05, 4.69) is 0 Å². The number of hydrogen-bond acceptors (Lipinski definition) is 2. The van der Waals surface area contributed by atoms with Crippen molar-refractivity contribution in [2.45, 2.75) is 6.61 Å². The van der Waals surface area contributed by atoms with Crippen molar-refractivity contribution >= 4 is 5.97 Å². The molecule has 0 bridgehead atoms. The molecule has 0 heterocycles. The maximum atomic E-state index is 13.1. The molecule has 0 saturated heterocycles. The predicted octanol–water partition coefficient (Wildman–Crippen LogP) is 3.38. The second kappa shape index (κ2) is 5.64. The minimum absolute atomic E-state index is 0.170. The quantitative estimate of drug-likeness (QED) is 0.935. The molecule has 6 heteroatoms. The van der Waals surface area contributed by atoms with E-state index in [9.17, 15) is 18.0 Å². The van der Waals surface area contributed by atoms with E-state index in [1.165, 1.54) is 0 Å². The van der Waals surface area contributed by atoms with Gasteiger partial charge in [-0.25, -0.2) is 18.0 Å². The van der Waals surface area contributed by atoms with E-state index < -0.39 is 23.4 Å². The lowest BCUT2D eigenvalue weighted by molar-refractivity contribution is 0.0691. The number of carboxylic acid groups (broad SMARTS) is 1. The van der Waals surface area contributed by atoms with Crippen LogP contribution in [0.1, 0.15) is 15.9 Å². The minimum Gasteiger partial charge on any atom is -0.488 e. The van der Waals surface area contributed by atoms with Gasteiger partial charge in [-0.3, -0.25) is 0 Å². The summed E-state index contributed by atoms with van der Waals surface area (Å²) in [5.41, 5.74) is -0.0635. The van der Waals surface area contributed by atoms with E-state index in [0.717, 1.165) is 30.3 Å². The van der Waals surface area contributed by atoms with E-state index in [0.29, 0.717) is 6.07 Å². The van der Waals surface area contributed by atoms with Crippen molar-refractivity contribution in [3.05, 3.63) is 65.0 Å². The van der Waals surface area contributed by atoms with Gasteiger partial charge in [0.05, 0.1) is 0 Å². The molecule has 20 heavy (non-hydrogen) atoms. The first kappa shape index (κ1) is 13.9. The van der Waals surface area contributed by atoms with Gasteiger partial charge in [-0.05, 0) is 29.8 Å². The highest BCUT2D eigenvalue weighted by Crippen LogP contribution is 2.21. The first-order valence-corrected chi connectivity index (χ1v) is 5.56. The molecule has 0 amide bonds. The summed E-state index contributed by atoms with van der Waals surface area (Å²) in [6.45, 7) is -0.279. The Balaban J connectivity index is 2.22. The summed E-state index contributed by atoms with van der Waals surface area (Å²) in [5, 5.41) is 8.92. The van der Waals surface area contributed by atoms with Gasteiger partial charge < -0.3 is 9.84 Å². The molecule has 3 nitrogen and oxygen atoms in total. The molecule has 0 aliphatic carbocycles. The Morgan fingerprint density at radius 2 is 1.65 bits per heavy atom. The largest absolute Gasteiger partial charge is 0.488 e. The van der Waals surface area contributed by atoms with Crippen LogP contribution in [-0.4, -0.2) is 11.1 Å². The standard InChI is InChI=1S/C14H9F3O3/c15-9-1-2-12(14(18)19)13(6-9)20-7-8-3-10(16)5-11(17)4-8/h1-6H,7H2,(H,18,19). The summed E-state index contributed by atoms with van der Waals surface area (Å²) in [5.74, 6) is -3.72. The molecule has 0 fully saturated rings. The average molecular weight is 282 g/mol. The zero-order valence-electron chi connectivity index (χ0n) is 10.1. The summed E-state index contributed by atoms with van der Waals surface area (Å²) >= 11 is 0. The van der Waals surface area contributed by atoms with Crippen molar-refractivity contribution in [1.82, 2.24) is 0 Å². The monoisotopic (exact) mass is 282 g/mol. The van der Waals surface area contributed by atoms with E-state index in [-0.39, 0.29) is 23.5 Å². The van der Waals surface area contributed by atoms with Gasteiger partial charge in [0.25, 0.3) is 0 Å². The van der Waals surface area contributed by atoms with Gasteiger partial charge in [-0.2, -0.15) is 0 Å². The van der Waals surface area contributed by atoms with Crippen molar-refractivity contribution < 1.29 is 27.8 Å². The molecule has 2 aromatic carbocycles. The smallest absolute Gasteiger partial charge is 0.339 e. The maximum Gasteiger partial charge on any atom is 0.339 e. The molecular formula is C14H9F3O3. The van der Waals surface area contributed by atoms with Crippen LogP contribution in [0.2, 0.25) is 0 Å². The van der Waals surface area contributed by atoms with Gasteiger partial charge >= 0.3 is 5.97 Å². The van der Waals surface area contributed by atoms with Gasteiger partial charge in [0.2, 0.25) is 0 Å². The van der Waals surface area contributed by atoms with E-state index in [4.69, 9.17) is 9.84 Å². The van der Waals surface area contributed by atoms with Gasteiger partial charge in [0, 0.05) is 12.1 Å². The number of ether oxygens (including phenoxy) is 1. The Hall–Kier alpha value is -2.50. The third-order valence-corrected chi connectivity index (χ3v) is 2.49. The predicted molar refractivity (Wildman–Crippen MR) is 64.0 cm³/mol. The summed E-state index contributed by atoms with van der Waals surface area (Å²) in [6.07, 6.45) is 0. The van der Waals surface area contributed by atoms with Gasteiger partial charge in [-0.1, -0.05) is 0 Å². The fourth-order valence-electron chi connectivity index (χ4n) is 1.65. The van der Waals surface area contributed by atoms with Gasteiger partial charge in [-0.15, -0.1) is 0 Å². The van der Waals surface area contributed by atoms with Crippen LogP contribution in [0, 0.1) is 17.5 Å². The van der Waals surface area contributed by atoms with Crippen LogP contribution in [0.3, 0.4) is 0 Å². The zero-order chi connectivity index (χ0) is 14.7. The van der Waals surface area contributed by atoms with E-state index >= 15 is 0 Å². The van der Waals surface area contributed by atoms with Crippen LogP contribution in [0.5, 0.6) is 5.75 Å². The highest BCUT2D eigenvalue weighted by molar-refractivity contribution is 5.90. The van der Waals surface area contributed by atoms with Crippen LogP contribution in [0.4, 0.5) is 13.2 Å². The Labute approximate surface area is 112 Å². The third-order valence-electron chi connectivity index (χ3n) is 2.49. The van der Waals surface area contributed by atoms with Crippen molar-refractivity contribution in [3.63, 3.8) is 0 Å². The summed E-state index contributed by atoms with van der Waals surface area (Å²) in [7, 11) is 0. The molecular weight excluding hydrogens is 273 g/mol. The first-order chi connectivity index (χ1) is 9.45. The Bertz CT molecular complexity index is 636. The lowest BCUT2D eigenvalue weighted by Gasteiger charge is -2.09. The fraction of sp³-hybridized carbons (Fsp3) is 0.0714. The van der Waals surface area contributed by atoms with Crippen molar-refractivity contribution in [1.29, 1.82) is 0 Å². The number of carbonyl (C=O) groups is 1. The number of aromatic carboxylic acids is 1. The second-order valence-corrected chi connectivity index (χ2v) is 4.01.